The molecule has 0 spiro atoms. The van der Waals surface area contributed by atoms with E-state index in [0.717, 1.165) is 34.5 Å². The van der Waals surface area contributed by atoms with Crippen LogP contribution in [0.15, 0.2) is 42.5 Å². The maximum absolute atomic E-state index is 11.0. The molecule has 0 atom stereocenters. The average molecular weight is 320 g/mol. The Morgan fingerprint density at radius 2 is 2.04 bits per heavy atom. The fourth-order valence-electron chi connectivity index (χ4n) is 3.37. The molecule has 120 valence electrons. The van der Waals surface area contributed by atoms with Gasteiger partial charge in [0.1, 0.15) is 5.82 Å². The predicted octanol–water partition coefficient (Wildman–Crippen LogP) is 4.42. The highest BCUT2D eigenvalue weighted by molar-refractivity contribution is 5.98. The summed E-state index contributed by atoms with van der Waals surface area (Å²) in [4.78, 5) is 18.5. The fraction of sp³-hybridized carbons (Fsp3) is 0.167. The van der Waals surface area contributed by atoms with Gasteiger partial charge in [0.15, 0.2) is 0 Å². The second-order valence-electron chi connectivity index (χ2n) is 5.77. The number of hydrogen-bond acceptors (Lipinski definition) is 3. The van der Waals surface area contributed by atoms with E-state index in [9.17, 15) is 10.1 Å². The van der Waals surface area contributed by atoms with Crippen LogP contribution in [-0.4, -0.2) is 19.5 Å². The molecule has 6 nitrogen and oxygen atoms in total. The first-order valence-electron chi connectivity index (χ1n) is 7.82. The van der Waals surface area contributed by atoms with E-state index >= 15 is 0 Å². The highest BCUT2D eigenvalue weighted by Gasteiger charge is 2.18. The van der Waals surface area contributed by atoms with Gasteiger partial charge in [0.2, 0.25) is 0 Å². The Bertz CT molecular complexity index is 1090. The van der Waals surface area contributed by atoms with Crippen LogP contribution in [-0.2, 0) is 6.54 Å². The molecule has 2 aromatic carbocycles. The van der Waals surface area contributed by atoms with Crippen LogP contribution in [0.2, 0.25) is 0 Å². The Hall–Kier alpha value is -3.15. The molecule has 2 aromatic heterocycles. The van der Waals surface area contributed by atoms with Gasteiger partial charge in [-0.15, -0.1) is 0 Å². The first kappa shape index (κ1) is 14.4. The van der Waals surface area contributed by atoms with Crippen LogP contribution in [0.5, 0.6) is 0 Å². The minimum absolute atomic E-state index is 0.0606. The van der Waals surface area contributed by atoms with Gasteiger partial charge >= 0.3 is 0 Å². The predicted molar refractivity (Wildman–Crippen MR) is 94.1 cm³/mol. The molecule has 0 aliphatic rings. The summed E-state index contributed by atoms with van der Waals surface area (Å²) in [5.41, 5.74) is 4.80. The van der Waals surface area contributed by atoms with Gasteiger partial charge in [0.05, 0.1) is 16.0 Å². The number of nitrogens with one attached hydrogen (secondary N) is 1. The Morgan fingerprint density at radius 3 is 2.79 bits per heavy atom. The van der Waals surface area contributed by atoms with Crippen molar-refractivity contribution in [1.82, 2.24) is 14.5 Å². The lowest BCUT2D eigenvalue weighted by molar-refractivity contribution is -0.384. The lowest BCUT2D eigenvalue weighted by atomic mass is 10.1. The van der Waals surface area contributed by atoms with Crippen LogP contribution in [0, 0.1) is 17.0 Å². The number of H-pyrrole nitrogens is 1. The molecular formula is C18H16N4O2. The van der Waals surface area contributed by atoms with Crippen molar-refractivity contribution in [2.24, 2.45) is 0 Å². The normalized spacial score (nSPS) is 11.4. The summed E-state index contributed by atoms with van der Waals surface area (Å²) in [5, 5.41) is 12.1. The third kappa shape index (κ3) is 2.00. The number of aromatic nitrogens is 3. The molecule has 6 heteroatoms. The van der Waals surface area contributed by atoms with E-state index in [1.165, 1.54) is 17.6 Å². The average Bonchev–Trinajstić information content (AvgIpc) is 3.11. The summed E-state index contributed by atoms with van der Waals surface area (Å²) in [6, 6.07) is 12.9. The van der Waals surface area contributed by atoms with Crippen molar-refractivity contribution in [3.8, 4) is 11.4 Å². The Kier molecular flexibility index (Phi) is 3.13. The van der Waals surface area contributed by atoms with Crippen molar-refractivity contribution >= 4 is 27.6 Å². The van der Waals surface area contributed by atoms with E-state index in [-0.39, 0.29) is 5.69 Å². The monoisotopic (exact) mass is 320 g/mol. The molecule has 0 saturated heterocycles. The topological polar surface area (TPSA) is 76.8 Å². The van der Waals surface area contributed by atoms with Crippen molar-refractivity contribution < 1.29 is 4.92 Å². The van der Waals surface area contributed by atoms with Crippen molar-refractivity contribution in [3.63, 3.8) is 0 Å². The molecule has 0 saturated carbocycles. The Balaban J connectivity index is 1.99. The molecule has 4 aromatic rings. The molecule has 4 rings (SSSR count). The lowest BCUT2D eigenvalue weighted by Gasteiger charge is -2.03. The number of nitro groups is 1. The number of nitro benzene ring substituents is 1. The van der Waals surface area contributed by atoms with E-state index in [0.29, 0.717) is 5.52 Å². The second kappa shape index (κ2) is 5.19. The molecular weight excluding hydrogens is 304 g/mol. The summed E-state index contributed by atoms with van der Waals surface area (Å²) in [7, 11) is 0. The molecule has 0 aliphatic heterocycles. The number of imidazole rings is 1. The number of aromatic amines is 1. The maximum Gasteiger partial charge on any atom is 0.271 e. The fourth-order valence-corrected chi connectivity index (χ4v) is 3.37. The van der Waals surface area contributed by atoms with Gasteiger partial charge in [-0.1, -0.05) is 18.2 Å². The summed E-state index contributed by atoms with van der Waals surface area (Å²) in [5.74, 6) is 0.742. The quantitative estimate of drug-likeness (QED) is 0.448. The molecule has 0 bridgehead atoms. The van der Waals surface area contributed by atoms with Crippen LogP contribution in [0.4, 0.5) is 5.69 Å². The maximum atomic E-state index is 11.0. The van der Waals surface area contributed by atoms with Crippen molar-refractivity contribution in [3.05, 3.63) is 58.3 Å². The Labute approximate surface area is 137 Å². The molecule has 1 N–H and O–H groups in total. The number of benzene rings is 2. The van der Waals surface area contributed by atoms with E-state index in [2.05, 4.69) is 40.5 Å². The number of rotatable bonds is 3. The molecule has 0 fully saturated rings. The zero-order valence-electron chi connectivity index (χ0n) is 13.4. The second-order valence-corrected chi connectivity index (χ2v) is 5.77. The van der Waals surface area contributed by atoms with E-state index in [4.69, 9.17) is 0 Å². The van der Waals surface area contributed by atoms with Gasteiger partial charge in [-0.25, -0.2) is 4.98 Å². The third-order valence-electron chi connectivity index (χ3n) is 4.46. The van der Waals surface area contributed by atoms with Gasteiger partial charge in [0, 0.05) is 40.8 Å². The van der Waals surface area contributed by atoms with Gasteiger partial charge in [0.25, 0.3) is 5.69 Å². The summed E-state index contributed by atoms with van der Waals surface area (Å²) in [6.07, 6.45) is 0. The number of hydrogen-bond donors (Lipinski definition) is 1. The number of nitrogens with zero attached hydrogens (tertiary/aromatic N) is 3. The van der Waals surface area contributed by atoms with Gasteiger partial charge < -0.3 is 9.55 Å². The van der Waals surface area contributed by atoms with Crippen LogP contribution >= 0.6 is 0 Å². The minimum atomic E-state index is -0.395. The highest BCUT2D eigenvalue weighted by atomic mass is 16.6. The largest absolute Gasteiger partial charge is 0.344 e. The first-order valence-corrected chi connectivity index (χ1v) is 7.82. The lowest BCUT2D eigenvalue weighted by Crippen LogP contribution is -1.96. The molecule has 0 radical (unpaired) electrons. The van der Waals surface area contributed by atoms with Crippen molar-refractivity contribution in [2.45, 2.75) is 20.4 Å². The van der Waals surface area contributed by atoms with E-state index in [1.54, 1.807) is 6.07 Å². The van der Waals surface area contributed by atoms with Crippen LogP contribution in [0.25, 0.3) is 33.3 Å². The third-order valence-corrected chi connectivity index (χ3v) is 4.46. The highest BCUT2D eigenvalue weighted by Crippen LogP contribution is 2.34. The van der Waals surface area contributed by atoms with Crippen molar-refractivity contribution in [1.29, 1.82) is 0 Å². The smallest absolute Gasteiger partial charge is 0.271 e. The number of non-ortho nitro benzene ring substituents is 1. The molecule has 2 heterocycles. The SMILES string of the molecule is CCn1c(C)c(-c2nc3ccc([N+](=O)[O-])cc3[nH]2)c2ccccc21. The van der Waals surface area contributed by atoms with Crippen LogP contribution in [0.3, 0.4) is 0 Å². The number of aryl methyl sites for hydroxylation is 1. The zero-order chi connectivity index (χ0) is 16.8. The van der Waals surface area contributed by atoms with E-state index < -0.39 is 4.92 Å². The van der Waals surface area contributed by atoms with Crippen LogP contribution < -0.4 is 0 Å². The van der Waals surface area contributed by atoms with Gasteiger partial charge in [-0.3, -0.25) is 10.1 Å². The van der Waals surface area contributed by atoms with Crippen molar-refractivity contribution in [2.75, 3.05) is 0 Å². The molecule has 0 amide bonds. The summed E-state index contributed by atoms with van der Waals surface area (Å²) in [6.45, 7) is 5.07. The summed E-state index contributed by atoms with van der Waals surface area (Å²) >= 11 is 0. The van der Waals surface area contributed by atoms with E-state index in [1.807, 2.05) is 12.1 Å². The zero-order valence-corrected chi connectivity index (χ0v) is 13.4. The first-order chi connectivity index (χ1) is 11.6. The molecule has 0 aliphatic carbocycles. The molecule has 0 unspecified atom stereocenters. The number of fused-ring (bicyclic) bond motifs is 2. The van der Waals surface area contributed by atoms with Gasteiger partial charge in [-0.2, -0.15) is 0 Å². The molecule has 24 heavy (non-hydrogen) atoms. The van der Waals surface area contributed by atoms with Crippen LogP contribution in [0.1, 0.15) is 12.6 Å². The standard InChI is InChI=1S/C18H16N4O2/c1-3-21-11(2)17(13-6-4-5-7-16(13)21)18-19-14-9-8-12(22(23)24)10-15(14)20-18/h4-10H,3H2,1-2H3,(H,19,20). The Morgan fingerprint density at radius 1 is 1.25 bits per heavy atom. The number of para-hydroxylation sites is 1. The van der Waals surface area contributed by atoms with Gasteiger partial charge in [-0.05, 0) is 26.0 Å². The minimum Gasteiger partial charge on any atom is -0.344 e. The summed E-state index contributed by atoms with van der Waals surface area (Å²) < 4.78 is 2.25.